The molecule has 1 atom stereocenters. The molecule has 0 fully saturated rings. The molecule has 0 saturated heterocycles. The molecule has 2 aromatic carbocycles. The molecule has 1 aliphatic rings. The maximum absolute atomic E-state index is 12.0. The summed E-state index contributed by atoms with van der Waals surface area (Å²) in [5.41, 5.74) is 3.82. The number of para-hydroxylation sites is 1. The van der Waals surface area contributed by atoms with Crippen molar-refractivity contribution in [2.45, 2.75) is 26.2 Å². The minimum atomic E-state index is -0.232. The van der Waals surface area contributed by atoms with Crippen LogP contribution >= 0.6 is 11.6 Å². The van der Waals surface area contributed by atoms with Crippen LogP contribution < -0.4 is 9.47 Å². The molecule has 0 spiro atoms. The van der Waals surface area contributed by atoms with E-state index < -0.39 is 0 Å². The largest absolute Gasteiger partial charge is 0.496 e. The molecule has 0 aliphatic carbocycles. The van der Waals surface area contributed by atoms with Gasteiger partial charge >= 0.3 is 5.97 Å². The predicted octanol–water partition coefficient (Wildman–Crippen LogP) is 4.41. The molecule has 114 valence electrons. The van der Waals surface area contributed by atoms with E-state index in [4.69, 9.17) is 21.1 Å². The molecule has 0 unspecified atom stereocenters. The molecule has 0 amide bonds. The van der Waals surface area contributed by atoms with Crippen molar-refractivity contribution in [1.82, 2.24) is 0 Å². The van der Waals surface area contributed by atoms with Crippen LogP contribution in [0.1, 0.15) is 34.6 Å². The molecular weight excluding hydrogens is 300 g/mol. The molecule has 4 heteroatoms. The van der Waals surface area contributed by atoms with Crippen LogP contribution in [0.3, 0.4) is 0 Å². The van der Waals surface area contributed by atoms with Gasteiger partial charge in [0.1, 0.15) is 11.5 Å². The van der Waals surface area contributed by atoms with Gasteiger partial charge in [-0.05, 0) is 37.1 Å². The summed E-state index contributed by atoms with van der Waals surface area (Å²) in [4.78, 5) is 12.0. The second-order valence-corrected chi connectivity index (χ2v) is 5.89. The van der Waals surface area contributed by atoms with Gasteiger partial charge in [-0.15, -0.1) is 0 Å². The van der Waals surface area contributed by atoms with Crippen LogP contribution in [0.5, 0.6) is 11.5 Å². The molecule has 1 heterocycles. The van der Waals surface area contributed by atoms with E-state index in [-0.39, 0.29) is 18.3 Å². The summed E-state index contributed by atoms with van der Waals surface area (Å²) in [5.74, 6) is 1.03. The Labute approximate surface area is 134 Å². The topological polar surface area (TPSA) is 35.5 Å². The van der Waals surface area contributed by atoms with Gasteiger partial charge in [-0.1, -0.05) is 29.8 Å². The maximum atomic E-state index is 12.0. The second-order valence-electron chi connectivity index (χ2n) is 5.52. The Kier molecular flexibility index (Phi) is 3.83. The maximum Gasteiger partial charge on any atom is 0.312 e. The number of hydrogen-bond acceptors (Lipinski definition) is 3. The van der Waals surface area contributed by atoms with Gasteiger partial charge in [0.2, 0.25) is 0 Å². The average Bonchev–Trinajstić information content (AvgIpc) is 2.51. The zero-order valence-corrected chi connectivity index (χ0v) is 13.5. The number of ether oxygens (including phenoxy) is 2. The standard InChI is InChI=1S/C18H17ClO3/c1-10-8-15-17(11(2)18(10)19)13(9-16(20)22-15)12-6-4-5-7-14(12)21-3/h4-8,13H,9H2,1-3H3/t13-/m0/s1. The molecule has 0 radical (unpaired) electrons. The Bertz CT molecular complexity index is 752. The number of esters is 1. The zero-order valence-electron chi connectivity index (χ0n) is 12.8. The van der Waals surface area contributed by atoms with Crippen molar-refractivity contribution in [2.75, 3.05) is 7.11 Å². The quantitative estimate of drug-likeness (QED) is 0.608. The lowest BCUT2D eigenvalue weighted by Crippen LogP contribution is -2.22. The molecule has 0 aromatic heterocycles. The van der Waals surface area contributed by atoms with Crippen LogP contribution in [0, 0.1) is 13.8 Å². The minimum Gasteiger partial charge on any atom is -0.496 e. The minimum absolute atomic E-state index is 0.106. The summed E-state index contributed by atoms with van der Waals surface area (Å²) < 4.78 is 10.9. The molecule has 3 rings (SSSR count). The smallest absolute Gasteiger partial charge is 0.312 e. The van der Waals surface area contributed by atoms with E-state index in [0.717, 1.165) is 33.0 Å². The van der Waals surface area contributed by atoms with Gasteiger partial charge in [-0.2, -0.15) is 0 Å². The number of methoxy groups -OCH3 is 1. The first-order valence-electron chi connectivity index (χ1n) is 7.16. The first kappa shape index (κ1) is 14.9. The third kappa shape index (κ3) is 2.35. The van der Waals surface area contributed by atoms with E-state index in [0.29, 0.717) is 5.75 Å². The monoisotopic (exact) mass is 316 g/mol. The lowest BCUT2D eigenvalue weighted by Gasteiger charge is -2.28. The molecule has 3 nitrogen and oxygen atoms in total. The fraction of sp³-hybridized carbons (Fsp3) is 0.278. The van der Waals surface area contributed by atoms with Crippen molar-refractivity contribution in [3.05, 3.63) is 57.6 Å². The van der Waals surface area contributed by atoms with Crippen LogP contribution in [0.15, 0.2) is 30.3 Å². The summed E-state index contributed by atoms with van der Waals surface area (Å²) in [7, 11) is 1.63. The third-order valence-corrected chi connectivity index (χ3v) is 4.73. The first-order chi connectivity index (χ1) is 10.5. The fourth-order valence-corrected chi connectivity index (χ4v) is 3.26. The molecule has 22 heavy (non-hydrogen) atoms. The van der Waals surface area contributed by atoms with Crippen LogP contribution in [0.4, 0.5) is 0 Å². The number of halogens is 1. The number of hydrogen-bond donors (Lipinski definition) is 0. The molecule has 0 bridgehead atoms. The van der Waals surface area contributed by atoms with Crippen LogP contribution in [0.2, 0.25) is 5.02 Å². The Morgan fingerprint density at radius 3 is 2.73 bits per heavy atom. The van der Waals surface area contributed by atoms with Crippen LogP contribution in [-0.4, -0.2) is 13.1 Å². The van der Waals surface area contributed by atoms with Gasteiger partial charge in [0, 0.05) is 22.1 Å². The van der Waals surface area contributed by atoms with E-state index in [1.54, 1.807) is 7.11 Å². The van der Waals surface area contributed by atoms with Gasteiger partial charge in [-0.25, -0.2) is 0 Å². The molecule has 1 aliphatic heterocycles. The van der Waals surface area contributed by atoms with Crippen molar-refractivity contribution < 1.29 is 14.3 Å². The summed E-state index contributed by atoms with van der Waals surface area (Å²) in [6, 6.07) is 9.59. The Hall–Kier alpha value is -2.00. The zero-order chi connectivity index (χ0) is 15.9. The summed E-state index contributed by atoms with van der Waals surface area (Å²) in [5, 5.41) is 0.719. The van der Waals surface area contributed by atoms with Gasteiger partial charge in [0.25, 0.3) is 0 Å². The number of fused-ring (bicyclic) bond motifs is 1. The van der Waals surface area contributed by atoms with E-state index in [2.05, 4.69) is 0 Å². The van der Waals surface area contributed by atoms with Crippen molar-refractivity contribution in [2.24, 2.45) is 0 Å². The Morgan fingerprint density at radius 1 is 1.27 bits per heavy atom. The number of rotatable bonds is 2. The normalized spacial score (nSPS) is 16.9. The summed E-state index contributed by atoms with van der Waals surface area (Å²) >= 11 is 6.41. The van der Waals surface area contributed by atoms with Gasteiger partial charge < -0.3 is 9.47 Å². The summed E-state index contributed by atoms with van der Waals surface area (Å²) in [6.45, 7) is 3.88. The predicted molar refractivity (Wildman–Crippen MR) is 86.0 cm³/mol. The molecular formula is C18H17ClO3. The van der Waals surface area contributed by atoms with E-state index in [9.17, 15) is 4.79 Å². The van der Waals surface area contributed by atoms with Crippen LogP contribution in [-0.2, 0) is 4.79 Å². The number of benzene rings is 2. The van der Waals surface area contributed by atoms with E-state index in [1.165, 1.54) is 0 Å². The number of carbonyl (C=O) groups is 1. The van der Waals surface area contributed by atoms with Gasteiger partial charge in [0.15, 0.2) is 0 Å². The second kappa shape index (κ2) is 5.65. The van der Waals surface area contributed by atoms with Crippen molar-refractivity contribution in [1.29, 1.82) is 0 Å². The van der Waals surface area contributed by atoms with E-state index in [1.807, 2.05) is 44.2 Å². The van der Waals surface area contributed by atoms with E-state index >= 15 is 0 Å². The summed E-state index contributed by atoms with van der Waals surface area (Å²) in [6.07, 6.45) is 0.285. The highest BCUT2D eigenvalue weighted by Crippen LogP contribution is 2.45. The highest BCUT2D eigenvalue weighted by atomic mass is 35.5. The van der Waals surface area contributed by atoms with Crippen molar-refractivity contribution in [3.8, 4) is 11.5 Å². The van der Waals surface area contributed by atoms with Gasteiger partial charge in [-0.3, -0.25) is 4.79 Å². The van der Waals surface area contributed by atoms with Gasteiger partial charge in [0.05, 0.1) is 13.5 Å². The number of carbonyl (C=O) groups excluding carboxylic acids is 1. The Balaban J connectivity index is 2.24. The number of aryl methyl sites for hydroxylation is 1. The SMILES string of the molecule is COc1ccccc1[C@@H]1CC(=O)Oc2cc(C)c(Cl)c(C)c21. The van der Waals surface area contributed by atoms with Crippen molar-refractivity contribution in [3.63, 3.8) is 0 Å². The molecule has 0 N–H and O–H groups in total. The van der Waals surface area contributed by atoms with Crippen LogP contribution in [0.25, 0.3) is 0 Å². The Morgan fingerprint density at radius 2 is 2.00 bits per heavy atom. The highest BCUT2D eigenvalue weighted by Gasteiger charge is 2.32. The molecule has 2 aromatic rings. The highest BCUT2D eigenvalue weighted by molar-refractivity contribution is 6.32. The average molecular weight is 317 g/mol. The lowest BCUT2D eigenvalue weighted by atomic mass is 9.83. The third-order valence-electron chi connectivity index (χ3n) is 4.15. The van der Waals surface area contributed by atoms with Crippen molar-refractivity contribution >= 4 is 17.6 Å². The lowest BCUT2D eigenvalue weighted by molar-refractivity contribution is -0.135. The molecule has 0 saturated carbocycles. The first-order valence-corrected chi connectivity index (χ1v) is 7.54. The fourth-order valence-electron chi connectivity index (χ4n) is 3.11.